The van der Waals surface area contributed by atoms with Crippen molar-refractivity contribution in [3.63, 3.8) is 0 Å². The standard InChI is InChI=1S/C13H21N3O/c1-16-9-8-15-13(16)5-4-12(17)3-2-11-6-7-14-10-11/h8-9,11,14H,2-7,10H2,1H3. The van der Waals surface area contributed by atoms with Crippen molar-refractivity contribution in [2.75, 3.05) is 13.1 Å². The summed E-state index contributed by atoms with van der Waals surface area (Å²) in [6.07, 6.45) is 8.11. The van der Waals surface area contributed by atoms with Gasteiger partial charge in [0.25, 0.3) is 0 Å². The first-order chi connectivity index (χ1) is 8.25. The smallest absolute Gasteiger partial charge is 0.133 e. The van der Waals surface area contributed by atoms with Crippen LogP contribution >= 0.6 is 0 Å². The molecule has 0 spiro atoms. The number of rotatable bonds is 6. The third-order valence-electron chi connectivity index (χ3n) is 3.54. The molecule has 1 aromatic heterocycles. The highest BCUT2D eigenvalue weighted by Crippen LogP contribution is 2.15. The van der Waals surface area contributed by atoms with Crippen molar-refractivity contribution in [3.05, 3.63) is 18.2 Å². The minimum atomic E-state index is 0.375. The molecule has 94 valence electrons. The molecule has 1 aliphatic heterocycles. The Balaban J connectivity index is 1.65. The zero-order chi connectivity index (χ0) is 12.1. The number of Topliss-reactive ketones (excluding diaryl/α,β-unsaturated/α-hetero) is 1. The predicted molar refractivity (Wildman–Crippen MR) is 66.7 cm³/mol. The third-order valence-corrected chi connectivity index (χ3v) is 3.54. The van der Waals surface area contributed by atoms with E-state index in [-0.39, 0.29) is 0 Å². The zero-order valence-corrected chi connectivity index (χ0v) is 10.5. The van der Waals surface area contributed by atoms with Crippen LogP contribution < -0.4 is 5.32 Å². The van der Waals surface area contributed by atoms with E-state index in [1.165, 1.54) is 6.42 Å². The lowest BCUT2D eigenvalue weighted by atomic mass is 9.99. The number of nitrogens with one attached hydrogen (secondary N) is 1. The summed E-state index contributed by atoms with van der Waals surface area (Å²) in [6, 6.07) is 0. The maximum absolute atomic E-state index is 11.7. The Hall–Kier alpha value is -1.16. The van der Waals surface area contributed by atoms with Crippen LogP contribution in [0.5, 0.6) is 0 Å². The van der Waals surface area contributed by atoms with Crippen LogP contribution in [0.2, 0.25) is 0 Å². The lowest BCUT2D eigenvalue weighted by Crippen LogP contribution is -2.11. The summed E-state index contributed by atoms with van der Waals surface area (Å²) in [4.78, 5) is 16.0. The Morgan fingerprint density at radius 3 is 3.12 bits per heavy atom. The molecule has 1 fully saturated rings. The molecule has 0 aliphatic carbocycles. The van der Waals surface area contributed by atoms with Crippen molar-refractivity contribution in [1.29, 1.82) is 0 Å². The molecular formula is C13H21N3O. The van der Waals surface area contributed by atoms with Crippen molar-refractivity contribution < 1.29 is 4.79 Å². The first kappa shape index (κ1) is 12.3. The number of hydrogen-bond donors (Lipinski definition) is 1. The molecule has 1 aliphatic rings. The number of carbonyl (C=O) groups is 1. The first-order valence-electron chi connectivity index (χ1n) is 6.44. The van der Waals surface area contributed by atoms with Gasteiger partial charge in [0, 0.05) is 38.7 Å². The molecule has 1 N–H and O–H groups in total. The summed E-state index contributed by atoms with van der Waals surface area (Å²) in [6.45, 7) is 2.21. The number of ketones is 1. The Labute approximate surface area is 102 Å². The second kappa shape index (κ2) is 5.96. The second-order valence-electron chi connectivity index (χ2n) is 4.89. The van der Waals surface area contributed by atoms with Crippen molar-refractivity contribution >= 4 is 5.78 Å². The summed E-state index contributed by atoms with van der Waals surface area (Å²) in [5.74, 6) is 2.09. The summed E-state index contributed by atoms with van der Waals surface area (Å²) in [5.41, 5.74) is 0. The van der Waals surface area contributed by atoms with Crippen molar-refractivity contribution in [3.8, 4) is 0 Å². The van der Waals surface area contributed by atoms with Crippen molar-refractivity contribution in [1.82, 2.24) is 14.9 Å². The fraction of sp³-hybridized carbons (Fsp3) is 0.692. The number of imidazole rings is 1. The van der Waals surface area contributed by atoms with Crippen molar-refractivity contribution in [2.45, 2.75) is 32.1 Å². The number of carbonyl (C=O) groups excluding carboxylic acids is 1. The summed E-state index contributed by atoms with van der Waals surface area (Å²) in [7, 11) is 1.97. The molecule has 1 saturated heterocycles. The molecule has 4 heteroatoms. The average molecular weight is 235 g/mol. The van der Waals surface area contributed by atoms with Crippen LogP contribution in [0.3, 0.4) is 0 Å². The zero-order valence-electron chi connectivity index (χ0n) is 10.5. The minimum Gasteiger partial charge on any atom is -0.338 e. The highest BCUT2D eigenvalue weighted by Gasteiger charge is 2.15. The number of aryl methyl sites for hydroxylation is 2. The number of nitrogens with zero attached hydrogens (tertiary/aromatic N) is 2. The average Bonchev–Trinajstić information content (AvgIpc) is 2.95. The van der Waals surface area contributed by atoms with E-state index in [2.05, 4.69) is 10.3 Å². The van der Waals surface area contributed by atoms with Gasteiger partial charge in [-0.15, -0.1) is 0 Å². The Morgan fingerprint density at radius 2 is 2.47 bits per heavy atom. The second-order valence-corrected chi connectivity index (χ2v) is 4.89. The Morgan fingerprint density at radius 1 is 1.59 bits per heavy atom. The van der Waals surface area contributed by atoms with Gasteiger partial charge in [-0.2, -0.15) is 0 Å². The monoisotopic (exact) mass is 235 g/mol. The van der Waals surface area contributed by atoms with E-state index in [0.717, 1.165) is 38.2 Å². The van der Waals surface area contributed by atoms with E-state index < -0.39 is 0 Å². The molecule has 0 saturated carbocycles. The topological polar surface area (TPSA) is 46.9 Å². The predicted octanol–water partition coefficient (Wildman–Crippen LogP) is 1.31. The van der Waals surface area contributed by atoms with Crippen LogP contribution in [0.25, 0.3) is 0 Å². The van der Waals surface area contributed by atoms with Gasteiger partial charge in [-0.25, -0.2) is 4.98 Å². The van der Waals surface area contributed by atoms with Crippen LogP contribution in [0.15, 0.2) is 12.4 Å². The van der Waals surface area contributed by atoms with E-state index >= 15 is 0 Å². The molecule has 17 heavy (non-hydrogen) atoms. The fourth-order valence-electron chi connectivity index (χ4n) is 2.34. The van der Waals surface area contributed by atoms with Crippen LogP contribution in [0.1, 0.15) is 31.5 Å². The molecule has 0 bridgehead atoms. The van der Waals surface area contributed by atoms with Gasteiger partial charge in [-0.05, 0) is 31.8 Å². The normalized spacial score (nSPS) is 19.7. The molecule has 1 unspecified atom stereocenters. The molecule has 1 atom stereocenters. The molecular weight excluding hydrogens is 214 g/mol. The molecule has 0 aromatic carbocycles. The molecule has 2 heterocycles. The van der Waals surface area contributed by atoms with Gasteiger partial charge < -0.3 is 9.88 Å². The Kier molecular flexibility index (Phi) is 4.31. The first-order valence-corrected chi connectivity index (χ1v) is 6.44. The molecule has 2 rings (SSSR count). The summed E-state index contributed by atoms with van der Waals surface area (Å²) in [5, 5.41) is 3.33. The molecule has 0 amide bonds. The summed E-state index contributed by atoms with van der Waals surface area (Å²) < 4.78 is 1.98. The van der Waals surface area contributed by atoms with E-state index in [9.17, 15) is 4.79 Å². The van der Waals surface area contributed by atoms with Gasteiger partial charge in [0.2, 0.25) is 0 Å². The molecule has 0 radical (unpaired) electrons. The SMILES string of the molecule is Cn1ccnc1CCC(=O)CCC1CCNC1. The minimum absolute atomic E-state index is 0.375. The van der Waals surface area contributed by atoms with Gasteiger partial charge in [0.1, 0.15) is 11.6 Å². The quantitative estimate of drug-likeness (QED) is 0.808. The van der Waals surface area contributed by atoms with Crippen LogP contribution in [0.4, 0.5) is 0 Å². The maximum atomic E-state index is 11.7. The maximum Gasteiger partial charge on any atom is 0.133 e. The van der Waals surface area contributed by atoms with Crippen LogP contribution in [-0.4, -0.2) is 28.4 Å². The molecule has 1 aromatic rings. The van der Waals surface area contributed by atoms with Crippen LogP contribution in [0, 0.1) is 5.92 Å². The van der Waals surface area contributed by atoms with Gasteiger partial charge in [0.05, 0.1) is 0 Å². The van der Waals surface area contributed by atoms with Gasteiger partial charge in [-0.1, -0.05) is 0 Å². The van der Waals surface area contributed by atoms with Crippen molar-refractivity contribution in [2.24, 2.45) is 13.0 Å². The Bertz CT molecular complexity index is 366. The number of hydrogen-bond acceptors (Lipinski definition) is 3. The third kappa shape index (κ3) is 3.66. The van der Waals surface area contributed by atoms with E-state index in [4.69, 9.17) is 0 Å². The number of aromatic nitrogens is 2. The van der Waals surface area contributed by atoms with Gasteiger partial charge >= 0.3 is 0 Å². The largest absolute Gasteiger partial charge is 0.338 e. The van der Waals surface area contributed by atoms with E-state index in [1.54, 1.807) is 6.20 Å². The fourth-order valence-corrected chi connectivity index (χ4v) is 2.34. The van der Waals surface area contributed by atoms with Crippen LogP contribution in [-0.2, 0) is 18.3 Å². The summed E-state index contributed by atoms with van der Waals surface area (Å²) >= 11 is 0. The highest BCUT2D eigenvalue weighted by molar-refractivity contribution is 5.78. The highest BCUT2D eigenvalue weighted by atomic mass is 16.1. The molecule has 4 nitrogen and oxygen atoms in total. The van der Waals surface area contributed by atoms with E-state index in [1.807, 2.05) is 17.8 Å². The lowest BCUT2D eigenvalue weighted by Gasteiger charge is -2.07. The lowest BCUT2D eigenvalue weighted by molar-refractivity contribution is -0.119. The van der Waals surface area contributed by atoms with E-state index in [0.29, 0.717) is 18.1 Å². The van der Waals surface area contributed by atoms with Gasteiger partial charge in [0.15, 0.2) is 0 Å². The van der Waals surface area contributed by atoms with Gasteiger partial charge in [-0.3, -0.25) is 4.79 Å².